The molecule has 2 atom stereocenters. The molecule has 1 aromatic heterocycles. The summed E-state index contributed by atoms with van der Waals surface area (Å²) in [4.78, 5) is 39.8. The fraction of sp³-hybridized carbons (Fsp3) is 0.519. The average molecular weight is 549 g/mol. The van der Waals surface area contributed by atoms with Gasteiger partial charge >= 0.3 is 6.09 Å². The molecule has 1 saturated heterocycles. The predicted molar refractivity (Wildman–Crippen MR) is 144 cm³/mol. The highest BCUT2D eigenvalue weighted by atomic mass is 35.5. The smallest absolute Gasteiger partial charge is 0.407 e. The summed E-state index contributed by atoms with van der Waals surface area (Å²) >= 11 is 12.8. The van der Waals surface area contributed by atoms with Crippen LogP contribution in [0.15, 0.2) is 35.3 Å². The van der Waals surface area contributed by atoms with Crippen LogP contribution in [-0.2, 0) is 29.5 Å². The summed E-state index contributed by atoms with van der Waals surface area (Å²) in [6.45, 7) is 4.34. The lowest BCUT2D eigenvalue weighted by molar-refractivity contribution is -0.127. The summed E-state index contributed by atoms with van der Waals surface area (Å²) in [5.74, 6) is -0.363. The van der Waals surface area contributed by atoms with Crippen molar-refractivity contribution in [3.8, 4) is 0 Å². The number of nitrogens with one attached hydrogen (secondary N) is 2. The number of pyridine rings is 1. The Bertz CT molecular complexity index is 1200. The molecule has 2 unspecified atom stereocenters. The number of halogens is 2. The van der Waals surface area contributed by atoms with Crippen LogP contribution in [0.2, 0.25) is 10.0 Å². The van der Waals surface area contributed by atoms with Crippen molar-refractivity contribution in [2.75, 3.05) is 26.2 Å². The van der Waals surface area contributed by atoms with Crippen LogP contribution in [0.3, 0.4) is 0 Å². The Morgan fingerprint density at radius 3 is 2.62 bits per heavy atom. The molecule has 0 bridgehead atoms. The molecule has 10 heteroatoms. The van der Waals surface area contributed by atoms with E-state index in [9.17, 15) is 14.4 Å². The number of carbonyl (C=O) groups is 2. The number of amides is 2. The first-order chi connectivity index (χ1) is 17.8. The second-order valence-electron chi connectivity index (χ2n) is 9.82. The van der Waals surface area contributed by atoms with Crippen molar-refractivity contribution in [1.82, 2.24) is 20.1 Å². The van der Waals surface area contributed by atoms with Gasteiger partial charge in [-0.1, -0.05) is 29.3 Å². The first-order valence-electron chi connectivity index (χ1n) is 12.8. The van der Waals surface area contributed by atoms with Gasteiger partial charge in [0.05, 0.1) is 22.6 Å². The zero-order valence-corrected chi connectivity index (χ0v) is 22.8. The number of hydrogen-bond donors (Lipinski definition) is 2. The highest BCUT2D eigenvalue weighted by Crippen LogP contribution is 2.38. The van der Waals surface area contributed by atoms with E-state index in [1.807, 2.05) is 19.1 Å². The molecule has 2 heterocycles. The largest absolute Gasteiger partial charge is 0.449 e. The molecular weight excluding hydrogens is 515 g/mol. The third-order valence-corrected chi connectivity index (χ3v) is 8.00. The number of ether oxygens (including phenoxy) is 1. The van der Waals surface area contributed by atoms with E-state index in [1.165, 1.54) is 17.4 Å². The van der Waals surface area contributed by atoms with E-state index in [0.29, 0.717) is 41.2 Å². The molecule has 0 spiro atoms. The number of rotatable bonds is 9. The van der Waals surface area contributed by atoms with E-state index in [-0.39, 0.29) is 36.5 Å². The first-order valence-corrected chi connectivity index (χ1v) is 13.6. The Hall–Kier alpha value is -2.55. The van der Waals surface area contributed by atoms with Gasteiger partial charge in [-0.15, -0.1) is 0 Å². The van der Waals surface area contributed by atoms with Crippen molar-refractivity contribution < 1.29 is 14.3 Å². The summed E-state index contributed by atoms with van der Waals surface area (Å²) in [6, 6.07) is 7.79. The van der Waals surface area contributed by atoms with E-state index >= 15 is 0 Å². The Balaban J connectivity index is 1.45. The second kappa shape index (κ2) is 12.3. The summed E-state index contributed by atoms with van der Waals surface area (Å²) in [5.41, 5.74) is 2.40. The molecule has 37 heavy (non-hydrogen) atoms. The van der Waals surface area contributed by atoms with Gasteiger partial charge in [0.25, 0.3) is 5.56 Å². The molecule has 0 radical (unpaired) electrons. The van der Waals surface area contributed by atoms with Gasteiger partial charge in [0.1, 0.15) is 0 Å². The molecule has 1 aromatic carbocycles. The molecule has 2 aliphatic rings. The number of piperidine rings is 1. The fourth-order valence-electron chi connectivity index (χ4n) is 4.96. The van der Waals surface area contributed by atoms with Crippen molar-refractivity contribution in [1.29, 1.82) is 0 Å². The van der Waals surface area contributed by atoms with Crippen LogP contribution in [0.4, 0.5) is 4.79 Å². The number of hydrogen-bond acceptors (Lipinski definition) is 5. The minimum Gasteiger partial charge on any atom is -0.449 e. The van der Waals surface area contributed by atoms with E-state index in [0.717, 1.165) is 24.1 Å². The zero-order valence-electron chi connectivity index (χ0n) is 21.3. The normalized spacial score (nSPS) is 19.9. The monoisotopic (exact) mass is 548 g/mol. The standard InChI is InChI=1S/C27H34Cl2N4O4/c1-3-30-27(36)37-11-8-17-12-19(25(29)23(28)13-17)15-31-26(35)22-16-33(20-4-5-20)10-7-21(22)18-6-9-32(2)24(34)14-18/h6,9,12-14,20-22H,3-5,7-8,10-11,15-16H2,1-2H3,(H,30,36)(H,31,35). The minimum atomic E-state index is -0.464. The third kappa shape index (κ3) is 7.06. The quantitative estimate of drug-likeness (QED) is 0.496. The number of aromatic nitrogens is 1. The summed E-state index contributed by atoms with van der Waals surface area (Å²) in [7, 11) is 1.72. The number of carbonyl (C=O) groups excluding carboxylic acids is 2. The van der Waals surface area contributed by atoms with Crippen molar-refractivity contribution in [3.05, 3.63) is 67.6 Å². The van der Waals surface area contributed by atoms with Crippen molar-refractivity contribution in [2.24, 2.45) is 13.0 Å². The van der Waals surface area contributed by atoms with Gasteiger partial charge in [-0.2, -0.15) is 0 Å². The van der Waals surface area contributed by atoms with Crippen molar-refractivity contribution in [2.45, 2.75) is 51.1 Å². The Morgan fingerprint density at radius 2 is 1.92 bits per heavy atom. The van der Waals surface area contributed by atoms with Gasteiger partial charge in [0, 0.05) is 51.4 Å². The molecule has 1 saturated carbocycles. The molecular formula is C27H34Cl2N4O4. The van der Waals surface area contributed by atoms with Gasteiger partial charge < -0.3 is 19.9 Å². The SMILES string of the molecule is CCNC(=O)OCCc1cc(Cl)c(Cl)c(CNC(=O)C2CN(C3CC3)CCC2c2ccn(C)c(=O)c2)c1. The minimum absolute atomic E-state index is 0.0271. The van der Waals surface area contributed by atoms with Crippen LogP contribution in [0.1, 0.15) is 48.8 Å². The Labute approximate surface area is 227 Å². The summed E-state index contributed by atoms with van der Waals surface area (Å²) in [5, 5.41) is 6.43. The molecule has 1 aliphatic heterocycles. The zero-order chi connectivity index (χ0) is 26.5. The number of benzene rings is 1. The maximum absolute atomic E-state index is 13.5. The number of alkyl carbamates (subject to hydrolysis) is 1. The van der Waals surface area contributed by atoms with Gasteiger partial charge in [0.2, 0.25) is 5.91 Å². The van der Waals surface area contributed by atoms with Crippen molar-refractivity contribution >= 4 is 35.2 Å². The molecule has 200 valence electrons. The summed E-state index contributed by atoms with van der Waals surface area (Å²) in [6.07, 6.45) is 4.95. The number of nitrogens with zero attached hydrogens (tertiary/aromatic N) is 2. The molecule has 2 fully saturated rings. The van der Waals surface area contributed by atoms with Crippen LogP contribution < -0.4 is 16.2 Å². The summed E-state index contributed by atoms with van der Waals surface area (Å²) < 4.78 is 6.69. The highest BCUT2D eigenvalue weighted by molar-refractivity contribution is 6.42. The number of likely N-dealkylation sites (tertiary alicyclic amines) is 1. The Morgan fingerprint density at radius 1 is 1.14 bits per heavy atom. The van der Waals surface area contributed by atoms with Crippen LogP contribution in [-0.4, -0.2) is 53.8 Å². The van der Waals surface area contributed by atoms with Crippen LogP contribution >= 0.6 is 23.2 Å². The predicted octanol–water partition coefficient (Wildman–Crippen LogP) is 3.87. The van der Waals surface area contributed by atoms with E-state index < -0.39 is 6.09 Å². The number of aryl methyl sites for hydroxylation is 1. The first kappa shape index (κ1) is 27.5. The van der Waals surface area contributed by atoms with E-state index in [4.69, 9.17) is 27.9 Å². The molecule has 1 aliphatic carbocycles. The second-order valence-corrected chi connectivity index (χ2v) is 10.6. The molecule has 4 rings (SSSR count). The van der Waals surface area contributed by atoms with E-state index in [2.05, 4.69) is 15.5 Å². The topological polar surface area (TPSA) is 92.7 Å². The lowest BCUT2D eigenvalue weighted by Crippen LogP contribution is -2.47. The molecule has 2 N–H and O–H groups in total. The fourth-order valence-corrected chi connectivity index (χ4v) is 5.40. The molecule has 2 amide bonds. The van der Waals surface area contributed by atoms with Gasteiger partial charge in [-0.3, -0.25) is 14.5 Å². The van der Waals surface area contributed by atoms with Crippen LogP contribution in [0, 0.1) is 5.92 Å². The maximum atomic E-state index is 13.5. The van der Waals surface area contributed by atoms with Gasteiger partial charge in [-0.05, 0) is 67.5 Å². The highest BCUT2D eigenvalue weighted by Gasteiger charge is 2.40. The maximum Gasteiger partial charge on any atom is 0.407 e. The molecule has 2 aromatic rings. The third-order valence-electron chi connectivity index (χ3n) is 7.16. The van der Waals surface area contributed by atoms with Gasteiger partial charge in [0.15, 0.2) is 0 Å². The molecule has 8 nitrogen and oxygen atoms in total. The van der Waals surface area contributed by atoms with Crippen molar-refractivity contribution in [3.63, 3.8) is 0 Å². The van der Waals surface area contributed by atoms with Crippen LogP contribution in [0.5, 0.6) is 0 Å². The average Bonchev–Trinajstić information content (AvgIpc) is 3.72. The Kier molecular flexibility index (Phi) is 9.16. The van der Waals surface area contributed by atoms with E-state index in [1.54, 1.807) is 25.4 Å². The van der Waals surface area contributed by atoms with Crippen LogP contribution in [0.25, 0.3) is 0 Å². The van der Waals surface area contributed by atoms with Gasteiger partial charge in [-0.25, -0.2) is 4.79 Å². The lowest BCUT2D eigenvalue weighted by atomic mass is 9.80. The lowest BCUT2D eigenvalue weighted by Gasteiger charge is -2.38.